The number of ether oxygens (including phenoxy) is 2. The van der Waals surface area contributed by atoms with Gasteiger partial charge in [0.15, 0.2) is 11.5 Å². The topological polar surface area (TPSA) is 42.2 Å². The lowest BCUT2D eigenvalue weighted by molar-refractivity contribution is -0.275. The van der Waals surface area contributed by atoms with Gasteiger partial charge < -0.3 is 9.47 Å². The Balaban J connectivity index is 3.06. The third kappa shape index (κ3) is 4.45. The first-order valence-electron chi connectivity index (χ1n) is 4.52. The van der Waals surface area contributed by atoms with E-state index >= 15 is 0 Å². The van der Waals surface area contributed by atoms with E-state index in [2.05, 4.69) is 9.47 Å². The van der Waals surface area contributed by atoms with Gasteiger partial charge in [-0.05, 0) is 17.7 Å². The van der Waals surface area contributed by atoms with E-state index in [0.29, 0.717) is 0 Å². The van der Waals surface area contributed by atoms with E-state index in [0.717, 1.165) is 12.1 Å². The molecule has 0 heterocycles. The fraction of sp³-hybridized carbons (Fsp3) is 0.300. The van der Waals surface area contributed by atoms with E-state index < -0.39 is 24.5 Å². The second-order valence-corrected chi connectivity index (χ2v) is 3.04. The van der Waals surface area contributed by atoms with Crippen LogP contribution in [0.15, 0.2) is 18.2 Å². The van der Waals surface area contributed by atoms with Crippen molar-refractivity contribution in [3.63, 3.8) is 0 Å². The van der Waals surface area contributed by atoms with Crippen LogP contribution in [0.3, 0.4) is 0 Å². The Morgan fingerprint density at radius 3 is 2.39 bits per heavy atom. The van der Waals surface area contributed by atoms with Gasteiger partial charge in [0.05, 0.1) is 12.5 Å². The molecule has 0 unspecified atom stereocenters. The minimum absolute atomic E-state index is 0.177. The maximum atomic E-state index is 12.0. The Hall–Kier alpha value is -2.04. The van der Waals surface area contributed by atoms with Crippen LogP contribution in [-0.2, 0) is 6.42 Å². The van der Waals surface area contributed by atoms with E-state index in [1.165, 1.54) is 6.07 Å². The zero-order valence-corrected chi connectivity index (χ0v) is 8.67. The fourth-order valence-electron chi connectivity index (χ4n) is 1.15. The summed E-state index contributed by atoms with van der Waals surface area (Å²) in [5.41, 5.74) is 0.193. The number of nitrogens with zero attached hydrogens (tertiary/aromatic N) is 1. The van der Waals surface area contributed by atoms with Gasteiger partial charge >= 0.3 is 13.0 Å². The number of rotatable bonds is 4. The third-order valence-corrected chi connectivity index (χ3v) is 1.73. The molecule has 0 atom stereocenters. The highest BCUT2D eigenvalue weighted by Gasteiger charge is 2.33. The Morgan fingerprint density at radius 1 is 1.22 bits per heavy atom. The number of halogens is 5. The van der Waals surface area contributed by atoms with Crippen LogP contribution in [0.5, 0.6) is 11.5 Å². The van der Waals surface area contributed by atoms with Crippen LogP contribution in [-0.4, -0.2) is 13.0 Å². The summed E-state index contributed by atoms with van der Waals surface area (Å²) < 4.78 is 67.5. The van der Waals surface area contributed by atoms with Crippen LogP contribution < -0.4 is 9.47 Å². The number of hydrogen-bond donors (Lipinski definition) is 0. The maximum absolute atomic E-state index is 12.0. The van der Waals surface area contributed by atoms with Crippen molar-refractivity contribution < 1.29 is 31.4 Å². The molecule has 0 aliphatic heterocycles. The van der Waals surface area contributed by atoms with Crippen LogP contribution in [0.4, 0.5) is 22.0 Å². The number of benzene rings is 1. The van der Waals surface area contributed by atoms with Gasteiger partial charge in [0.1, 0.15) is 0 Å². The molecule has 0 aromatic heterocycles. The summed E-state index contributed by atoms with van der Waals surface area (Å²) >= 11 is 0. The molecule has 0 radical (unpaired) electrons. The van der Waals surface area contributed by atoms with E-state index in [1.807, 2.05) is 0 Å². The molecule has 0 aliphatic rings. The van der Waals surface area contributed by atoms with Gasteiger partial charge in [0, 0.05) is 0 Å². The summed E-state index contributed by atoms with van der Waals surface area (Å²) in [5, 5.41) is 8.39. The Morgan fingerprint density at radius 2 is 1.89 bits per heavy atom. The minimum Gasteiger partial charge on any atom is -0.431 e. The molecule has 0 bridgehead atoms. The van der Waals surface area contributed by atoms with Gasteiger partial charge in [-0.25, -0.2) is 0 Å². The zero-order chi connectivity index (χ0) is 13.8. The lowest BCUT2D eigenvalue weighted by atomic mass is 10.1. The summed E-state index contributed by atoms with van der Waals surface area (Å²) in [5.74, 6) is -1.65. The van der Waals surface area contributed by atoms with E-state index in [4.69, 9.17) is 5.26 Å². The SMILES string of the molecule is N#CCc1ccc(OC(F)F)c(OC(F)(F)F)c1. The number of alkyl halides is 5. The van der Waals surface area contributed by atoms with Crippen LogP contribution in [0, 0.1) is 11.3 Å². The molecule has 0 spiro atoms. The van der Waals surface area contributed by atoms with Gasteiger partial charge in [-0.3, -0.25) is 0 Å². The van der Waals surface area contributed by atoms with Crippen molar-refractivity contribution in [2.45, 2.75) is 19.4 Å². The first kappa shape index (κ1) is 14.0. The first-order valence-corrected chi connectivity index (χ1v) is 4.52. The molecule has 0 aliphatic carbocycles. The molecular formula is C10H6F5NO2. The zero-order valence-electron chi connectivity index (χ0n) is 8.67. The number of hydrogen-bond acceptors (Lipinski definition) is 3. The standard InChI is InChI=1S/C10H6F5NO2/c11-9(12)17-7-2-1-6(3-4-16)5-8(7)18-10(13,14)15/h1-2,5,9H,3H2. The second-order valence-electron chi connectivity index (χ2n) is 3.04. The molecule has 0 saturated carbocycles. The van der Waals surface area contributed by atoms with Gasteiger partial charge in [0.25, 0.3) is 0 Å². The summed E-state index contributed by atoms with van der Waals surface area (Å²) in [6.45, 7) is -3.28. The van der Waals surface area contributed by atoms with Gasteiger partial charge in [-0.15, -0.1) is 13.2 Å². The normalized spacial score (nSPS) is 11.2. The molecule has 98 valence electrons. The van der Waals surface area contributed by atoms with Gasteiger partial charge in [-0.1, -0.05) is 6.07 Å². The van der Waals surface area contributed by atoms with Gasteiger partial charge in [0.2, 0.25) is 0 Å². The Kier molecular flexibility index (Phi) is 4.31. The predicted molar refractivity (Wildman–Crippen MR) is 49.1 cm³/mol. The molecule has 8 heteroatoms. The van der Waals surface area contributed by atoms with Crippen molar-refractivity contribution in [3.05, 3.63) is 23.8 Å². The van der Waals surface area contributed by atoms with Crippen molar-refractivity contribution in [1.29, 1.82) is 5.26 Å². The van der Waals surface area contributed by atoms with Crippen LogP contribution in [0.25, 0.3) is 0 Å². The Labute approximate surface area is 98.3 Å². The molecule has 0 saturated heterocycles. The molecule has 1 rings (SSSR count). The molecule has 0 N–H and O–H groups in total. The monoisotopic (exact) mass is 267 g/mol. The van der Waals surface area contributed by atoms with Crippen molar-refractivity contribution in [2.75, 3.05) is 0 Å². The van der Waals surface area contributed by atoms with Crippen LogP contribution in [0.1, 0.15) is 5.56 Å². The van der Waals surface area contributed by atoms with Crippen LogP contribution >= 0.6 is 0 Å². The molecule has 0 amide bonds. The van der Waals surface area contributed by atoms with Crippen molar-refractivity contribution in [2.24, 2.45) is 0 Å². The predicted octanol–water partition coefficient (Wildman–Crippen LogP) is 3.25. The molecule has 1 aromatic carbocycles. The quantitative estimate of drug-likeness (QED) is 0.786. The summed E-state index contributed by atoms with van der Waals surface area (Å²) in [6, 6.07) is 4.62. The first-order chi connectivity index (χ1) is 8.31. The summed E-state index contributed by atoms with van der Waals surface area (Å²) in [6.07, 6.45) is -5.21. The van der Waals surface area contributed by atoms with Crippen molar-refractivity contribution in [3.8, 4) is 17.6 Å². The average molecular weight is 267 g/mol. The summed E-state index contributed by atoms with van der Waals surface area (Å²) in [7, 11) is 0. The highest BCUT2D eigenvalue weighted by Crippen LogP contribution is 2.34. The molecule has 1 aromatic rings. The van der Waals surface area contributed by atoms with Crippen molar-refractivity contribution in [1.82, 2.24) is 0 Å². The molecule has 0 fully saturated rings. The highest BCUT2D eigenvalue weighted by atomic mass is 19.4. The third-order valence-electron chi connectivity index (χ3n) is 1.73. The second kappa shape index (κ2) is 5.53. The summed E-state index contributed by atoms with van der Waals surface area (Å²) in [4.78, 5) is 0. The van der Waals surface area contributed by atoms with Crippen molar-refractivity contribution >= 4 is 0 Å². The van der Waals surface area contributed by atoms with E-state index in [-0.39, 0.29) is 12.0 Å². The fourth-order valence-corrected chi connectivity index (χ4v) is 1.15. The Bertz CT molecular complexity index is 453. The maximum Gasteiger partial charge on any atom is 0.573 e. The van der Waals surface area contributed by atoms with Gasteiger partial charge in [-0.2, -0.15) is 14.0 Å². The smallest absolute Gasteiger partial charge is 0.431 e. The van der Waals surface area contributed by atoms with E-state index in [1.54, 1.807) is 6.07 Å². The van der Waals surface area contributed by atoms with Crippen LogP contribution in [0.2, 0.25) is 0 Å². The lowest BCUT2D eigenvalue weighted by Gasteiger charge is -2.14. The molecular weight excluding hydrogens is 261 g/mol. The average Bonchev–Trinajstić information content (AvgIpc) is 2.19. The van der Waals surface area contributed by atoms with E-state index in [9.17, 15) is 22.0 Å². The molecule has 18 heavy (non-hydrogen) atoms. The highest BCUT2D eigenvalue weighted by molar-refractivity contribution is 5.43. The minimum atomic E-state index is -5.04. The lowest BCUT2D eigenvalue weighted by Crippen LogP contribution is -2.18. The molecule has 3 nitrogen and oxygen atoms in total. The number of nitriles is 1. The largest absolute Gasteiger partial charge is 0.573 e.